The van der Waals surface area contributed by atoms with E-state index >= 15 is 0 Å². The third kappa shape index (κ3) is 3.43. The molecule has 0 radical (unpaired) electrons. The Bertz CT molecular complexity index is 981. The maximum Gasteiger partial charge on any atom is 0.272 e. The molecule has 0 fully saturated rings. The van der Waals surface area contributed by atoms with Crippen molar-refractivity contribution in [1.82, 2.24) is 0 Å². The second-order valence-electron chi connectivity index (χ2n) is 6.82. The van der Waals surface area contributed by atoms with Gasteiger partial charge in [-0.15, -0.1) is 11.3 Å². The van der Waals surface area contributed by atoms with E-state index in [0.29, 0.717) is 16.3 Å². The molecule has 0 bridgehead atoms. The normalized spacial score (nSPS) is 16.4. The summed E-state index contributed by atoms with van der Waals surface area (Å²) in [5.41, 5.74) is 7.84. The van der Waals surface area contributed by atoms with E-state index < -0.39 is 11.8 Å². The van der Waals surface area contributed by atoms with Crippen LogP contribution < -0.4 is 16.1 Å². The van der Waals surface area contributed by atoms with Crippen LogP contribution in [-0.4, -0.2) is 23.4 Å². The van der Waals surface area contributed by atoms with Crippen molar-refractivity contribution in [2.45, 2.75) is 38.5 Å². The molecule has 0 spiro atoms. The standard InChI is InChI=1S/C20H20N4O3S/c21-18(26)17-13-8-4-5-9-15(13)28-20(17)22-19(27)14-10-11-16(25)24(23-14)12-6-2-1-3-7-12/h1-3,6-7H,4-5,8-11H2,(H2,21,26)(H,22,27). The Morgan fingerprint density at radius 2 is 1.82 bits per heavy atom. The highest BCUT2D eigenvalue weighted by Gasteiger charge is 2.29. The number of anilines is 2. The third-order valence-electron chi connectivity index (χ3n) is 4.94. The van der Waals surface area contributed by atoms with E-state index in [1.807, 2.05) is 18.2 Å². The lowest BCUT2D eigenvalue weighted by molar-refractivity contribution is -0.118. The Morgan fingerprint density at radius 1 is 1.07 bits per heavy atom. The van der Waals surface area contributed by atoms with Crippen molar-refractivity contribution in [3.05, 3.63) is 46.3 Å². The zero-order chi connectivity index (χ0) is 19.7. The van der Waals surface area contributed by atoms with Crippen LogP contribution in [0.1, 0.15) is 46.5 Å². The number of carbonyl (C=O) groups is 3. The van der Waals surface area contributed by atoms with Crippen molar-refractivity contribution in [3.8, 4) is 0 Å². The first kappa shape index (κ1) is 18.4. The van der Waals surface area contributed by atoms with Crippen LogP contribution >= 0.6 is 11.3 Å². The summed E-state index contributed by atoms with van der Waals surface area (Å²) in [5.74, 6) is -1.09. The second-order valence-corrected chi connectivity index (χ2v) is 7.93. The number of rotatable bonds is 4. The van der Waals surface area contributed by atoms with Gasteiger partial charge in [0.25, 0.3) is 11.8 Å². The molecule has 3 amide bonds. The van der Waals surface area contributed by atoms with Gasteiger partial charge in [-0.05, 0) is 43.4 Å². The van der Waals surface area contributed by atoms with E-state index in [0.717, 1.165) is 36.1 Å². The molecule has 3 N–H and O–H groups in total. The van der Waals surface area contributed by atoms with Crippen molar-refractivity contribution < 1.29 is 14.4 Å². The molecule has 1 aliphatic carbocycles. The van der Waals surface area contributed by atoms with Crippen LogP contribution in [0, 0.1) is 0 Å². The topological polar surface area (TPSA) is 105 Å². The molecule has 0 saturated heterocycles. The monoisotopic (exact) mass is 396 g/mol. The van der Waals surface area contributed by atoms with Gasteiger partial charge in [0.05, 0.1) is 11.3 Å². The lowest BCUT2D eigenvalue weighted by Crippen LogP contribution is -2.36. The highest BCUT2D eigenvalue weighted by molar-refractivity contribution is 7.17. The van der Waals surface area contributed by atoms with Crippen molar-refractivity contribution in [1.29, 1.82) is 0 Å². The molecule has 2 heterocycles. The van der Waals surface area contributed by atoms with E-state index in [1.54, 1.807) is 12.1 Å². The van der Waals surface area contributed by atoms with Gasteiger partial charge in [-0.2, -0.15) is 5.10 Å². The quantitative estimate of drug-likeness (QED) is 0.830. The number of primary amides is 1. The molecule has 28 heavy (non-hydrogen) atoms. The molecule has 1 aromatic carbocycles. The number of para-hydroxylation sites is 1. The fourth-order valence-electron chi connectivity index (χ4n) is 3.58. The molecule has 7 nitrogen and oxygen atoms in total. The van der Waals surface area contributed by atoms with Crippen LogP contribution in [0.5, 0.6) is 0 Å². The predicted molar refractivity (Wildman–Crippen MR) is 109 cm³/mol. The number of nitrogens with two attached hydrogens (primary N) is 1. The summed E-state index contributed by atoms with van der Waals surface area (Å²) in [4.78, 5) is 38.1. The zero-order valence-electron chi connectivity index (χ0n) is 15.2. The Hall–Kier alpha value is -3.00. The number of aryl methyl sites for hydroxylation is 1. The number of benzene rings is 1. The van der Waals surface area contributed by atoms with Crippen LogP contribution in [0.2, 0.25) is 0 Å². The van der Waals surface area contributed by atoms with E-state index in [2.05, 4.69) is 10.4 Å². The van der Waals surface area contributed by atoms with Gasteiger partial charge in [0, 0.05) is 17.7 Å². The van der Waals surface area contributed by atoms with Gasteiger partial charge in [-0.3, -0.25) is 14.4 Å². The fourth-order valence-corrected chi connectivity index (χ4v) is 4.87. The number of amides is 3. The molecule has 144 valence electrons. The SMILES string of the molecule is NC(=O)c1c(NC(=O)C2=NN(c3ccccc3)C(=O)CC2)sc2c1CCCC2. The van der Waals surface area contributed by atoms with Gasteiger partial charge in [-0.25, -0.2) is 5.01 Å². The number of fused-ring (bicyclic) bond motifs is 1. The molecule has 2 aromatic rings. The van der Waals surface area contributed by atoms with Crippen LogP contribution in [0.3, 0.4) is 0 Å². The number of carbonyl (C=O) groups excluding carboxylic acids is 3. The summed E-state index contributed by atoms with van der Waals surface area (Å²) in [6.45, 7) is 0. The maximum atomic E-state index is 12.8. The van der Waals surface area contributed by atoms with Crippen molar-refractivity contribution in [2.24, 2.45) is 10.8 Å². The second kappa shape index (κ2) is 7.55. The Kier molecular flexibility index (Phi) is 4.95. The van der Waals surface area contributed by atoms with Crippen molar-refractivity contribution in [3.63, 3.8) is 0 Å². The molecule has 4 rings (SSSR count). The summed E-state index contributed by atoms with van der Waals surface area (Å²) in [5, 5.41) is 8.82. The Balaban J connectivity index is 1.61. The highest BCUT2D eigenvalue weighted by Crippen LogP contribution is 2.38. The summed E-state index contributed by atoms with van der Waals surface area (Å²) in [6, 6.07) is 8.99. The Morgan fingerprint density at radius 3 is 2.57 bits per heavy atom. The van der Waals surface area contributed by atoms with Gasteiger partial charge in [-0.1, -0.05) is 18.2 Å². The first-order valence-corrected chi connectivity index (χ1v) is 10.1. The number of hydrazone groups is 1. The summed E-state index contributed by atoms with van der Waals surface area (Å²) in [6.07, 6.45) is 4.23. The van der Waals surface area contributed by atoms with E-state index in [9.17, 15) is 14.4 Å². The van der Waals surface area contributed by atoms with Crippen molar-refractivity contribution >= 4 is 45.5 Å². The van der Waals surface area contributed by atoms with Crippen LogP contribution in [0.25, 0.3) is 0 Å². The third-order valence-corrected chi connectivity index (χ3v) is 6.15. The smallest absolute Gasteiger partial charge is 0.272 e. The Labute approximate surface area is 166 Å². The molecular weight excluding hydrogens is 376 g/mol. The average molecular weight is 396 g/mol. The number of nitrogens with one attached hydrogen (secondary N) is 1. The lowest BCUT2D eigenvalue weighted by Gasteiger charge is -2.23. The zero-order valence-corrected chi connectivity index (χ0v) is 16.1. The molecule has 0 unspecified atom stereocenters. The molecule has 2 aliphatic rings. The maximum absolute atomic E-state index is 12.8. The molecule has 0 atom stereocenters. The van der Waals surface area contributed by atoms with Crippen molar-refractivity contribution in [2.75, 3.05) is 10.3 Å². The molecule has 1 aromatic heterocycles. The van der Waals surface area contributed by atoms with E-state index in [4.69, 9.17) is 5.73 Å². The van der Waals surface area contributed by atoms with Crippen LogP contribution in [0.4, 0.5) is 10.7 Å². The number of nitrogens with zero attached hydrogens (tertiary/aromatic N) is 2. The predicted octanol–water partition coefficient (Wildman–Crippen LogP) is 2.85. The van der Waals surface area contributed by atoms with Crippen LogP contribution in [0.15, 0.2) is 35.4 Å². The average Bonchev–Trinajstić information content (AvgIpc) is 3.07. The summed E-state index contributed by atoms with van der Waals surface area (Å²) < 4.78 is 0. The van der Waals surface area contributed by atoms with Crippen LogP contribution in [-0.2, 0) is 22.4 Å². The number of thiophene rings is 1. The molecule has 1 aliphatic heterocycles. The summed E-state index contributed by atoms with van der Waals surface area (Å²) in [7, 11) is 0. The van der Waals surface area contributed by atoms with Gasteiger partial charge in [0.2, 0.25) is 5.91 Å². The first-order valence-electron chi connectivity index (χ1n) is 9.26. The van der Waals surface area contributed by atoms with Gasteiger partial charge >= 0.3 is 0 Å². The minimum Gasteiger partial charge on any atom is -0.365 e. The largest absolute Gasteiger partial charge is 0.365 e. The van der Waals surface area contributed by atoms with Gasteiger partial charge in [0.1, 0.15) is 10.7 Å². The minimum atomic E-state index is -0.527. The summed E-state index contributed by atoms with van der Waals surface area (Å²) >= 11 is 1.41. The number of hydrogen-bond acceptors (Lipinski definition) is 5. The van der Waals surface area contributed by atoms with E-state index in [1.165, 1.54) is 16.3 Å². The highest BCUT2D eigenvalue weighted by atomic mass is 32.1. The van der Waals surface area contributed by atoms with Gasteiger partial charge < -0.3 is 11.1 Å². The molecular formula is C20H20N4O3S. The van der Waals surface area contributed by atoms with Gasteiger partial charge in [0.15, 0.2) is 0 Å². The molecule has 8 heteroatoms. The number of hydrogen-bond donors (Lipinski definition) is 2. The lowest BCUT2D eigenvalue weighted by atomic mass is 9.95. The van der Waals surface area contributed by atoms with E-state index in [-0.39, 0.29) is 24.5 Å². The molecule has 0 saturated carbocycles. The first-order chi connectivity index (χ1) is 13.5. The fraction of sp³-hybridized carbons (Fsp3) is 0.300. The minimum absolute atomic E-state index is 0.160.